The summed E-state index contributed by atoms with van der Waals surface area (Å²) in [5, 5.41) is 0. The van der Waals surface area contributed by atoms with Crippen LogP contribution in [-0.4, -0.2) is 35.4 Å². The second kappa shape index (κ2) is 4.36. The van der Waals surface area contributed by atoms with E-state index in [0.717, 1.165) is 0 Å². The van der Waals surface area contributed by atoms with E-state index in [0.29, 0.717) is 11.7 Å². The van der Waals surface area contributed by atoms with Crippen molar-refractivity contribution >= 4 is 17.6 Å². The highest BCUT2D eigenvalue weighted by molar-refractivity contribution is 5.99. The van der Waals surface area contributed by atoms with Gasteiger partial charge in [-0.1, -0.05) is 0 Å². The van der Waals surface area contributed by atoms with Gasteiger partial charge in [0.25, 0.3) is 0 Å². The fraction of sp³-hybridized carbons (Fsp3) is 0.400. The number of aromatic nitrogens is 2. The van der Waals surface area contributed by atoms with Crippen LogP contribution in [0.1, 0.15) is 6.42 Å². The van der Waals surface area contributed by atoms with Gasteiger partial charge in [0.2, 0.25) is 17.7 Å². The van der Waals surface area contributed by atoms with Gasteiger partial charge in [-0.25, -0.2) is 9.97 Å². The van der Waals surface area contributed by atoms with Gasteiger partial charge >= 0.3 is 0 Å². The smallest absolute Gasteiger partial charge is 0.229 e. The van der Waals surface area contributed by atoms with Gasteiger partial charge in [0.1, 0.15) is 12.1 Å². The highest BCUT2D eigenvalue weighted by Gasteiger charge is 2.34. The molecule has 1 atom stereocenters. The molecule has 7 heteroatoms. The summed E-state index contributed by atoms with van der Waals surface area (Å²) in [6, 6.07) is 1.54. The van der Waals surface area contributed by atoms with Crippen LogP contribution in [0.15, 0.2) is 12.4 Å². The van der Waals surface area contributed by atoms with Crippen molar-refractivity contribution in [2.45, 2.75) is 6.42 Å². The number of nitrogens with two attached hydrogens (primary N) is 1. The second-order valence-corrected chi connectivity index (χ2v) is 3.73. The van der Waals surface area contributed by atoms with E-state index >= 15 is 0 Å². The summed E-state index contributed by atoms with van der Waals surface area (Å²) >= 11 is 0. The molecule has 7 nitrogen and oxygen atoms in total. The van der Waals surface area contributed by atoms with Crippen LogP contribution in [0, 0.1) is 5.92 Å². The van der Waals surface area contributed by atoms with Crippen molar-refractivity contribution in [3.8, 4) is 5.88 Å². The predicted molar refractivity (Wildman–Crippen MR) is 58.2 cm³/mol. The van der Waals surface area contributed by atoms with Gasteiger partial charge < -0.3 is 10.5 Å². The molecular formula is C10H12N4O3. The third kappa shape index (κ3) is 2.17. The molecule has 1 saturated heterocycles. The molecule has 2 N–H and O–H groups in total. The number of amides is 2. The number of carbonyl (C=O) groups is 2. The summed E-state index contributed by atoms with van der Waals surface area (Å²) in [6.45, 7) is 0.258. The number of rotatable bonds is 3. The van der Waals surface area contributed by atoms with Gasteiger partial charge in [0, 0.05) is 19.0 Å². The van der Waals surface area contributed by atoms with Crippen molar-refractivity contribution in [3.05, 3.63) is 12.4 Å². The van der Waals surface area contributed by atoms with Crippen LogP contribution in [0.25, 0.3) is 0 Å². The first-order valence-corrected chi connectivity index (χ1v) is 5.07. The van der Waals surface area contributed by atoms with Crippen LogP contribution in [0.5, 0.6) is 5.88 Å². The van der Waals surface area contributed by atoms with E-state index in [4.69, 9.17) is 10.5 Å². The van der Waals surface area contributed by atoms with E-state index in [-0.39, 0.29) is 18.9 Å². The first-order chi connectivity index (χ1) is 8.11. The van der Waals surface area contributed by atoms with E-state index in [1.54, 1.807) is 6.07 Å². The van der Waals surface area contributed by atoms with Gasteiger partial charge in [0.15, 0.2) is 0 Å². The summed E-state index contributed by atoms with van der Waals surface area (Å²) in [6.07, 6.45) is 1.43. The Morgan fingerprint density at radius 3 is 2.94 bits per heavy atom. The Labute approximate surface area is 97.6 Å². The van der Waals surface area contributed by atoms with Crippen molar-refractivity contribution in [2.24, 2.45) is 11.7 Å². The molecule has 1 aliphatic rings. The number of hydrogen-bond donors (Lipinski definition) is 1. The third-order valence-corrected chi connectivity index (χ3v) is 2.64. The zero-order valence-electron chi connectivity index (χ0n) is 9.29. The Morgan fingerprint density at radius 2 is 2.35 bits per heavy atom. The molecule has 2 rings (SSSR count). The number of primary amides is 1. The number of nitrogens with zero attached hydrogens (tertiary/aromatic N) is 3. The molecule has 0 saturated carbocycles. The highest BCUT2D eigenvalue weighted by atomic mass is 16.5. The van der Waals surface area contributed by atoms with Crippen LogP contribution in [-0.2, 0) is 9.59 Å². The van der Waals surface area contributed by atoms with E-state index in [2.05, 4.69) is 9.97 Å². The summed E-state index contributed by atoms with van der Waals surface area (Å²) in [4.78, 5) is 32.0. The second-order valence-electron chi connectivity index (χ2n) is 3.73. The van der Waals surface area contributed by atoms with Crippen LogP contribution in [0.4, 0.5) is 5.82 Å². The van der Waals surface area contributed by atoms with Crippen LogP contribution in [0.2, 0.25) is 0 Å². The van der Waals surface area contributed by atoms with E-state index < -0.39 is 11.8 Å². The van der Waals surface area contributed by atoms with Crippen LogP contribution >= 0.6 is 0 Å². The molecule has 0 aromatic carbocycles. The zero-order valence-corrected chi connectivity index (χ0v) is 9.29. The molecular weight excluding hydrogens is 224 g/mol. The van der Waals surface area contributed by atoms with Gasteiger partial charge in [-0.05, 0) is 0 Å². The number of carbonyl (C=O) groups excluding carboxylic acids is 2. The van der Waals surface area contributed by atoms with Crippen LogP contribution < -0.4 is 15.4 Å². The molecule has 17 heavy (non-hydrogen) atoms. The number of hydrogen-bond acceptors (Lipinski definition) is 5. The molecule has 1 aromatic rings. The fourth-order valence-corrected chi connectivity index (χ4v) is 1.71. The molecule has 0 radical (unpaired) electrons. The van der Waals surface area contributed by atoms with Crippen molar-refractivity contribution in [2.75, 3.05) is 18.6 Å². The standard InChI is InChI=1S/C10H12N4O3/c1-17-8-3-7(12-5-13-8)14-4-6(10(11)16)2-9(14)15/h3,5-6H,2,4H2,1H3,(H2,11,16). The quantitative estimate of drug-likeness (QED) is 0.750. The first kappa shape index (κ1) is 11.3. The van der Waals surface area contributed by atoms with E-state index in [1.807, 2.05) is 0 Å². The highest BCUT2D eigenvalue weighted by Crippen LogP contribution is 2.24. The van der Waals surface area contributed by atoms with Gasteiger partial charge in [-0.2, -0.15) is 0 Å². The van der Waals surface area contributed by atoms with Crippen molar-refractivity contribution in [1.29, 1.82) is 0 Å². The number of methoxy groups -OCH3 is 1. The monoisotopic (exact) mass is 236 g/mol. The van der Waals surface area contributed by atoms with E-state index in [9.17, 15) is 9.59 Å². The maximum atomic E-state index is 11.7. The lowest BCUT2D eigenvalue weighted by atomic mass is 10.1. The minimum atomic E-state index is -0.470. The average molecular weight is 236 g/mol. The molecule has 0 spiro atoms. The van der Waals surface area contributed by atoms with E-state index in [1.165, 1.54) is 18.3 Å². The van der Waals surface area contributed by atoms with Crippen LogP contribution in [0.3, 0.4) is 0 Å². The molecule has 1 fully saturated rings. The normalized spacial score (nSPS) is 19.5. The fourth-order valence-electron chi connectivity index (χ4n) is 1.71. The summed E-state index contributed by atoms with van der Waals surface area (Å²) in [5.74, 6) is -0.309. The zero-order chi connectivity index (χ0) is 12.4. The Kier molecular flexibility index (Phi) is 2.90. The summed E-state index contributed by atoms with van der Waals surface area (Å²) in [5.41, 5.74) is 5.18. The topological polar surface area (TPSA) is 98.4 Å². The molecule has 1 aliphatic heterocycles. The van der Waals surface area contributed by atoms with Crippen molar-refractivity contribution in [1.82, 2.24) is 9.97 Å². The maximum absolute atomic E-state index is 11.7. The Bertz CT molecular complexity index is 463. The molecule has 0 aliphatic carbocycles. The van der Waals surface area contributed by atoms with Gasteiger partial charge in [0.05, 0.1) is 13.0 Å². The lowest BCUT2D eigenvalue weighted by Gasteiger charge is -2.14. The lowest BCUT2D eigenvalue weighted by Crippen LogP contribution is -2.29. The molecule has 90 valence electrons. The Hall–Kier alpha value is -2.18. The predicted octanol–water partition coefficient (Wildman–Crippen LogP) is -0.677. The molecule has 1 aromatic heterocycles. The number of anilines is 1. The Morgan fingerprint density at radius 1 is 1.59 bits per heavy atom. The largest absolute Gasteiger partial charge is 0.481 e. The molecule has 2 amide bonds. The SMILES string of the molecule is COc1cc(N2CC(C(N)=O)CC2=O)ncn1. The first-order valence-electron chi connectivity index (χ1n) is 5.07. The lowest BCUT2D eigenvalue weighted by molar-refractivity contribution is -0.123. The number of ether oxygens (including phenoxy) is 1. The Balaban J connectivity index is 2.22. The summed E-state index contributed by atoms with van der Waals surface area (Å²) in [7, 11) is 1.48. The molecule has 2 heterocycles. The minimum absolute atomic E-state index is 0.127. The molecule has 0 bridgehead atoms. The average Bonchev–Trinajstić information content (AvgIpc) is 2.72. The van der Waals surface area contributed by atoms with Crippen molar-refractivity contribution < 1.29 is 14.3 Å². The summed E-state index contributed by atoms with van der Waals surface area (Å²) < 4.78 is 4.94. The van der Waals surface area contributed by atoms with Gasteiger partial charge in [-0.3, -0.25) is 14.5 Å². The van der Waals surface area contributed by atoms with Gasteiger partial charge in [-0.15, -0.1) is 0 Å². The maximum Gasteiger partial charge on any atom is 0.229 e. The third-order valence-electron chi connectivity index (χ3n) is 2.64. The minimum Gasteiger partial charge on any atom is -0.481 e. The molecule has 1 unspecified atom stereocenters. The van der Waals surface area contributed by atoms with Crippen molar-refractivity contribution in [3.63, 3.8) is 0 Å².